The van der Waals surface area contributed by atoms with Crippen LogP contribution in [0.25, 0.3) is 0 Å². The number of rotatable bonds is 10. The van der Waals surface area contributed by atoms with Gasteiger partial charge in [-0.05, 0) is 73.0 Å². The number of carbonyl (C=O) groups excluding carboxylic acids is 4. The lowest BCUT2D eigenvalue weighted by atomic mass is 9.94. The molecule has 3 N–H and O–H groups in total. The normalized spacial score (nSPS) is 17.7. The van der Waals surface area contributed by atoms with Gasteiger partial charge in [0.2, 0.25) is 11.5 Å². The van der Waals surface area contributed by atoms with Crippen LogP contribution in [0.4, 0.5) is 44.2 Å². The van der Waals surface area contributed by atoms with Crippen molar-refractivity contribution >= 4 is 51.0 Å². The van der Waals surface area contributed by atoms with Crippen LogP contribution in [0.1, 0.15) is 30.0 Å². The molecular weight excluding hydrogens is 674 g/mol. The van der Waals surface area contributed by atoms with Crippen LogP contribution in [0.3, 0.4) is 0 Å². The number of nitrogens with one attached hydrogen (secondary N) is 3. The van der Waals surface area contributed by atoms with E-state index in [9.17, 15) is 45.2 Å². The van der Waals surface area contributed by atoms with Crippen molar-refractivity contribution in [3.8, 4) is 0 Å². The third-order valence-electron chi connectivity index (χ3n) is 8.06. The first-order valence-corrected chi connectivity index (χ1v) is 16.2. The number of hydrogen-bond acceptors (Lipinski definition) is 7. The topological polar surface area (TPSA) is 154 Å². The highest BCUT2D eigenvalue weighted by molar-refractivity contribution is 7.95. The fourth-order valence-corrected chi connectivity index (χ4v) is 6.03. The Morgan fingerprint density at radius 2 is 1.63 bits per heavy atom. The lowest BCUT2D eigenvalue weighted by molar-refractivity contribution is -0.187. The van der Waals surface area contributed by atoms with Gasteiger partial charge < -0.3 is 20.3 Å². The molecule has 2 atom stereocenters. The average Bonchev–Trinajstić information content (AvgIpc) is 3.52. The van der Waals surface area contributed by atoms with E-state index in [1.54, 1.807) is 6.07 Å². The number of urea groups is 1. The minimum absolute atomic E-state index is 0.00650. The van der Waals surface area contributed by atoms with Crippen molar-refractivity contribution < 1.29 is 49.9 Å². The number of amides is 5. The SMILES string of the molecule is C=CS(=O)(=O)Nc1ccc(NC(=O)Nc2ccc3c(c2)CC[C@@]32OC(=O)N(CC(=O)N(Cc3ccc(F)cc3)[C@@H](C)C(F)(F)F)C2=O)cc1. The van der Waals surface area contributed by atoms with Crippen LogP contribution in [-0.4, -0.2) is 60.9 Å². The first kappa shape index (κ1) is 34.9. The number of carbonyl (C=O) groups is 4. The Morgan fingerprint density at radius 1 is 1.02 bits per heavy atom. The van der Waals surface area contributed by atoms with E-state index in [0.29, 0.717) is 32.3 Å². The molecule has 1 aliphatic heterocycles. The number of nitrogens with zero attached hydrogens (tertiary/aromatic N) is 2. The number of alkyl halides is 3. The second kappa shape index (κ2) is 13.2. The Kier molecular flexibility index (Phi) is 9.41. The van der Waals surface area contributed by atoms with Gasteiger partial charge in [-0.25, -0.2) is 27.3 Å². The fraction of sp³-hybridized carbons (Fsp3) is 0.250. The molecule has 5 rings (SSSR count). The molecule has 17 heteroatoms. The molecule has 1 spiro atoms. The molecule has 1 heterocycles. The molecule has 2 aliphatic rings. The van der Waals surface area contributed by atoms with Crippen LogP contribution < -0.4 is 15.4 Å². The minimum atomic E-state index is -4.84. The summed E-state index contributed by atoms with van der Waals surface area (Å²) < 4.78 is 85.5. The Hall–Kier alpha value is -5.45. The monoisotopic (exact) mass is 703 g/mol. The summed E-state index contributed by atoms with van der Waals surface area (Å²) in [6.45, 7) is 2.40. The number of benzene rings is 3. The molecular formula is C32H29F4N5O7S. The van der Waals surface area contributed by atoms with Gasteiger partial charge in [-0.2, -0.15) is 13.2 Å². The number of aryl methyl sites for hydroxylation is 1. The van der Waals surface area contributed by atoms with Gasteiger partial charge in [-0.15, -0.1) is 0 Å². The summed E-state index contributed by atoms with van der Waals surface area (Å²) in [4.78, 5) is 53.3. The van der Waals surface area contributed by atoms with Crippen molar-refractivity contribution in [2.24, 2.45) is 0 Å². The van der Waals surface area contributed by atoms with Crippen molar-refractivity contribution in [3.63, 3.8) is 0 Å². The van der Waals surface area contributed by atoms with Crippen LogP contribution in [0.2, 0.25) is 0 Å². The Morgan fingerprint density at radius 3 is 2.27 bits per heavy atom. The molecule has 0 aromatic heterocycles. The summed E-state index contributed by atoms with van der Waals surface area (Å²) in [7, 11) is -3.70. The molecule has 5 amide bonds. The van der Waals surface area contributed by atoms with Crippen molar-refractivity contribution in [2.45, 2.75) is 44.1 Å². The maximum atomic E-state index is 13.7. The average molecular weight is 704 g/mol. The lowest BCUT2D eigenvalue weighted by Gasteiger charge is -2.31. The number of sulfonamides is 1. The molecule has 49 heavy (non-hydrogen) atoms. The maximum Gasteiger partial charge on any atom is 0.418 e. The summed E-state index contributed by atoms with van der Waals surface area (Å²) in [6.07, 6.45) is -5.81. The van der Waals surface area contributed by atoms with E-state index in [4.69, 9.17) is 4.74 Å². The van der Waals surface area contributed by atoms with Gasteiger partial charge >= 0.3 is 18.3 Å². The molecule has 3 aromatic rings. The van der Waals surface area contributed by atoms with E-state index in [2.05, 4.69) is 21.9 Å². The van der Waals surface area contributed by atoms with Crippen LogP contribution in [0.15, 0.2) is 78.7 Å². The molecule has 0 radical (unpaired) electrons. The number of ether oxygens (including phenoxy) is 1. The van der Waals surface area contributed by atoms with E-state index >= 15 is 0 Å². The molecule has 0 saturated carbocycles. The minimum Gasteiger partial charge on any atom is -0.427 e. The largest absolute Gasteiger partial charge is 0.427 e. The van der Waals surface area contributed by atoms with Gasteiger partial charge in [-0.3, -0.25) is 14.3 Å². The zero-order chi connectivity index (χ0) is 35.7. The first-order chi connectivity index (χ1) is 23.0. The second-order valence-electron chi connectivity index (χ2n) is 11.3. The Labute approximate surface area is 277 Å². The van der Waals surface area contributed by atoms with Gasteiger partial charge in [0.15, 0.2) is 0 Å². The van der Waals surface area contributed by atoms with Gasteiger partial charge in [0.25, 0.3) is 15.9 Å². The van der Waals surface area contributed by atoms with Crippen LogP contribution >= 0.6 is 0 Å². The Bertz CT molecular complexity index is 1920. The summed E-state index contributed by atoms with van der Waals surface area (Å²) in [5.41, 5.74) is 0.169. The molecule has 1 fully saturated rings. The number of fused-ring (bicyclic) bond motifs is 2. The zero-order valence-corrected chi connectivity index (χ0v) is 26.5. The smallest absolute Gasteiger partial charge is 0.418 e. The van der Waals surface area contributed by atoms with Crippen molar-refractivity contribution in [1.29, 1.82) is 0 Å². The predicted octanol–water partition coefficient (Wildman–Crippen LogP) is 5.45. The molecule has 258 valence electrons. The number of anilines is 3. The summed E-state index contributed by atoms with van der Waals surface area (Å²) >= 11 is 0. The Balaban J connectivity index is 1.26. The van der Waals surface area contributed by atoms with Gasteiger partial charge in [0.1, 0.15) is 18.4 Å². The van der Waals surface area contributed by atoms with Gasteiger partial charge in [-0.1, -0.05) is 24.8 Å². The standard InChI is InChI=1S/C32H29F4N5O7S/c1-3-49(46,47)39-24-10-8-23(9-11-24)37-29(44)38-25-12-13-26-21(16-25)14-15-31(26)28(43)41(30(45)48-31)18-27(42)40(19(2)32(34,35)36)17-20-4-6-22(33)7-5-20/h3-13,16,19,39H,1,14-15,17-18H2,2H3,(H2,37,38,44)/t19-,31+/m0/s1. The number of imide groups is 1. The molecule has 1 aliphatic carbocycles. The molecule has 3 aromatic carbocycles. The molecule has 1 saturated heterocycles. The van der Waals surface area contributed by atoms with E-state index in [-0.39, 0.29) is 24.1 Å². The van der Waals surface area contributed by atoms with Crippen LogP contribution in [0.5, 0.6) is 0 Å². The summed E-state index contributed by atoms with van der Waals surface area (Å²) in [6, 6.07) is 11.9. The third-order valence-corrected chi connectivity index (χ3v) is 9.02. The van der Waals surface area contributed by atoms with Gasteiger partial charge in [0, 0.05) is 41.0 Å². The fourth-order valence-electron chi connectivity index (χ4n) is 5.48. The van der Waals surface area contributed by atoms with Gasteiger partial charge in [0.05, 0.1) is 0 Å². The van der Waals surface area contributed by atoms with E-state index in [1.165, 1.54) is 48.5 Å². The first-order valence-electron chi connectivity index (χ1n) is 14.6. The third kappa shape index (κ3) is 7.51. The van der Waals surface area contributed by atoms with Crippen molar-refractivity contribution in [2.75, 3.05) is 21.9 Å². The zero-order valence-electron chi connectivity index (χ0n) is 25.7. The van der Waals surface area contributed by atoms with Crippen molar-refractivity contribution in [1.82, 2.24) is 9.80 Å². The maximum absolute atomic E-state index is 13.7. The van der Waals surface area contributed by atoms with Crippen molar-refractivity contribution in [3.05, 3.63) is 101 Å². The highest BCUT2D eigenvalue weighted by atomic mass is 32.2. The van der Waals surface area contributed by atoms with E-state index < -0.39 is 70.7 Å². The summed E-state index contributed by atoms with van der Waals surface area (Å²) in [5.74, 6) is -2.71. The van der Waals surface area contributed by atoms with E-state index in [0.717, 1.165) is 24.5 Å². The highest BCUT2D eigenvalue weighted by Gasteiger charge is 2.58. The van der Waals surface area contributed by atoms with E-state index in [1.807, 2.05) is 0 Å². The predicted molar refractivity (Wildman–Crippen MR) is 169 cm³/mol. The highest BCUT2D eigenvalue weighted by Crippen LogP contribution is 2.46. The molecule has 0 unspecified atom stereocenters. The second-order valence-corrected chi connectivity index (χ2v) is 12.9. The quantitative estimate of drug-likeness (QED) is 0.237. The molecule has 12 nitrogen and oxygen atoms in total. The lowest BCUT2D eigenvalue weighted by Crippen LogP contribution is -2.51. The van der Waals surface area contributed by atoms with Crippen LogP contribution in [-0.2, 0) is 42.9 Å². The number of hydrogen-bond donors (Lipinski definition) is 3. The molecule has 0 bridgehead atoms. The summed E-state index contributed by atoms with van der Waals surface area (Å²) in [5, 5.41) is 5.98. The van der Waals surface area contributed by atoms with Crippen LogP contribution in [0, 0.1) is 5.82 Å². The number of halogens is 4.